The van der Waals surface area contributed by atoms with Gasteiger partial charge in [-0.15, -0.1) is 0 Å². The Labute approximate surface area is 87.8 Å². The molecule has 0 saturated carbocycles. The van der Waals surface area contributed by atoms with Gasteiger partial charge < -0.3 is 15.2 Å². The van der Waals surface area contributed by atoms with Crippen molar-refractivity contribution in [2.75, 3.05) is 26.4 Å². The number of ether oxygens (including phenoxy) is 1. The predicted molar refractivity (Wildman–Crippen MR) is 59.5 cm³/mol. The van der Waals surface area contributed by atoms with Crippen molar-refractivity contribution < 1.29 is 9.84 Å². The van der Waals surface area contributed by atoms with Gasteiger partial charge in [0.05, 0.1) is 19.8 Å². The molecule has 86 valence electrons. The molecule has 0 spiro atoms. The first-order chi connectivity index (χ1) is 6.81. The van der Waals surface area contributed by atoms with E-state index in [1.54, 1.807) is 0 Å². The lowest BCUT2D eigenvalue weighted by Gasteiger charge is -2.13. The Morgan fingerprint density at radius 2 is 2.07 bits per heavy atom. The molecule has 0 fully saturated rings. The van der Waals surface area contributed by atoms with Crippen LogP contribution in [0.4, 0.5) is 0 Å². The van der Waals surface area contributed by atoms with E-state index in [0.29, 0.717) is 19.3 Å². The fourth-order valence-electron chi connectivity index (χ4n) is 1.35. The molecule has 0 aromatic heterocycles. The molecule has 0 bridgehead atoms. The minimum atomic E-state index is 0.117. The molecule has 3 nitrogen and oxygen atoms in total. The number of unbranched alkanes of at least 4 members (excludes halogenated alkanes) is 2. The van der Waals surface area contributed by atoms with Crippen LogP contribution < -0.4 is 5.32 Å². The lowest BCUT2D eigenvalue weighted by molar-refractivity contribution is 0.0926. The maximum Gasteiger partial charge on any atom is 0.0698 e. The third-order valence-electron chi connectivity index (χ3n) is 2.22. The van der Waals surface area contributed by atoms with Gasteiger partial charge in [0, 0.05) is 12.6 Å². The van der Waals surface area contributed by atoms with Gasteiger partial charge in [-0.1, -0.05) is 26.2 Å². The summed E-state index contributed by atoms with van der Waals surface area (Å²) in [5, 5.41) is 11.9. The van der Waals surface area contributed by atoms with Crippen LogP contribution >= 0.6 is 0 Å². The first-order valence-corrected chi connectivity index (χ1v) is 5.73. The summed E-state index contributed by atoms with van der Waals surface area (Å²) in [4.78, 5) is 0. The highest BCUT2D eigenvalue weighted by molar-refractivity contribution is 4.59. The fourth-order valence-corrected chi connectivity index (χ4v) is 1.35. The van der Waals surface area contributed by atoms with E-state index in [4.69, 9.17) is 9.84 Å². The van der Waals surface area contributed by atoms with Crippen LogP contribution in [0.15, 0.2) is 0 Å². The van der Waals surface area contributed by atoms with E-state index in [0.717, 1.165) is 6.54 Å². The number of rotatable bonds is 10. The molecule has 0 amide bonds. The first-order valence-electron chi connectivity index (χ1n) is 5.73. The van der Waals surface area contributed by atoms with Crippen LogP contribution in [0.2, 0.25) is 0 Å². The number of aliphatic hydroxyl groups is 1. The zero-order chi connectivity index (χ0) is 10.6. The van der Waals surface area contributed by atoms with Gasteiger partial charge in [-0.3, -0.25) is 0 Å². The van der Waals surface area contributed by atoms with Crippen molar-refractivity contribution in [1.82, 2.24) is 5.32 Å². The largest absolute Gasteiger partial charge is 0.394 e. The molecule has 0 heterocycles. The number of hydrogen-bond acceptors (Lipinski definition) is 3. The molecular weight excluding hydrogens is 178 g/mol. The lowest BCUT2D eigenvalue weighted by atomic mass is 10.1. The topological polar surface area (TPSA) is 41.5 Å². The summed E-state index contributed by atoms with van der Waals surface area (Å²) >= 11 is 0. The quantitative estimate of drug-likeness (QED) is 0.529. The Hall–Kier alpha value is -0.120. The highest BCUT2D eigenvalue weighted by Crippen LogP contribution is 2.02. The average Bonchev–Trinajstić information content (AvgIpc) is 2.18. The minimum Gasteiger partial charge on any atom is -0.394 e. The van der Waals surface area contributed by atoms with E-state index >= 15 is 0 Å². The second-order valence-electron chi connectivity index (χ2n) is 3.69. The first kappa shape index (κ1) is 13.9. The summed E-state index contributed by atoms with van der Waals surface area (Å²) in [6, 6.07) is 0.583. The van der Waals surface area contributed by atoms with E-state index in [2.05, 4.69) is 19.2 Å². The van der Waals surface area contributed by atoms with Gasteiger partial charge >= 0.3 is 0 Å². The molecule has 14 heavy (non-hydrogen) atoms. The molecule has 0 aliphatic carbocycles. The molecule has 1 atom stereocenters. The van der Waals surface area contributed by atoms with Gasteiger partial charge in [0.1, 0.15) is 0 Å². The standard InChI is InChI=1S/C11H25NO2/c1-3-4-5-6-11(2)12-7-9-14-10-8-13/h11-13H,3-10H2,1-2H3. The monoisotopic (exact) mass is 203 g/mol. The van der Waals surface area contributed by atoms with E-state index < -0.39 is 0 Å². The molecule has 3 heteroatoms. The van der Waals surface area contributed by atoms with Crippen molar-refractivity contribution in [3.63, 3.8) is 0 Å². The summed E-state index contributed by atoms with van der Waals surface area (Å²) in [6.45, 7) is 6.58. The second-order valence-corrected chi connectivity index (χ2v) is 3.69. The number of hydrogen-bond donors (Lipinski definition) is 2. The molecule has 0 saturated heterocycles. The van der Waals surface area contributed by atoms with Crippen LogP contribution in [0.5, 0.6) is 0 Å². The van der Waals surface area contributed by atoms with Crippen LogP contribution in [0.1, 0.15) is 39.5 Å². The molecule has 0 aliphatic heterocycles. The van der Waals surface area contributed by atoms with Gasteiger partial charge in [-0.05, 0) is 13.3 Å². The zero-order valence-electron chi connectivity index (χ0n) is 9.59. The SMILES string of the molecule is CCCCCC(C)NCCOCCO. The van der Waals surface area contributed by atoms with Crippen LogP contribution in [0.3, 0.4) is 0 Å². The Morgan fingerprint density at radius 1 is 1.29 bits per heavy atom. The van der Waals surface area contributed by atoms with Crippen molar-refractivity contribution in [2.45, 2.75) is 45.6 Å². The zero-order valence-corrected chi connectivity index (χ0v) is 9.59. The average molecular weight is 203 g/mol. The summed E-state index contributed by atoms with van der Waals surface area (Å²) in [6.07, 6.45) is 5.16. The van der Waals surface area contributed by atoms with Crippen LogP contribution in [-0.2, 0) is 4.74 Å². The minimum absolute atomic E-state index is 0.117. The fraction of sp³-hybridized carbons (Fsp3) is 1.00. The van der Waals surface area contributed by atoms with Gasteiger partial charge in [-0.25, -0.2) is 0 Å². The van der Waals surface area contributed by atoms with Crippen molar-refractivity contribution >= 4 is 0 Å². The summed E-state index contributed by atoms with van der Waals surface area (Å²) < 4.78 is 5.15. The lowest BCUT2D eigenvalue weighted by Crippen LogP contribution is -2.29. The van der Waals surface area contributed by atoms with E-state index in [1.807, 2.05) is 0 Å². The van der Waals surface area contributed by atoms with Crippen molar-refractivity contribution in [3.05, 3.63) is 0 Å². The van der Waals surface area contributed by atoms with Crippen molar-refractivity contribution in [1.29, 1.82) is 0 Å². The molecule has 0 aromatic carbocycles. The number of nitrogens with one attached hydrogen (secondary N) is 1. The Bertz CT molecular complexity index is 109. The van der Waals surface area contributed by atoms with Gasteiger partial charge in [-0.2, -0.15) is 0 Å². The van der Waals surface area contributed by atoms with Crippen LogP contribution in [-0.4, -0.2) is 37.5 Å². The van der Waals surface area contributed by atoms with E-state index in [1.165, 1.54) is 25.7 Å². The third-order valence-corrected chi connectivity index (χ3v) is 2.22. The molecule has 0 aromatic rings. The maximum absolute atomic E-state index is 8.47. The maximum atomic E-state index is 8.47. The predicted octanol–water partition coefficient (Wildman–Crippen LogP) is 1.55. The summed E-state index contributed by atoms with van der Waals surface area (Å²) in [5.74, 6) is 0. The van der Waals surface area contributed by atoms with Crippen molar-refractivity contribution in [3.8, 4) is 0 Å². The molecular formula is C11H25NO2. The highest BCUT2D eigenvalue weighted by atomic mass is 16.5. The Balaban J connectivity index is 3.06. The summed E-state index contributed by atoms with van der Waals surface area (Å²) in [7, 11) is 0. The molecule has 1 unspecified atom stereocenters. The van der Waals surface area contributed by atoms with Gasteiger partial charge in [0.25, 0.3) is 0 Å². The second kappa shape index (κ2) is 11.0. The molecule has 0 radical (unpaired) electrons. The Morgan fingerprint density at radius 3 is 2.71 bits per heavy atom. The van der Waals surface area contributed by atoms with Gasteiger partial charge in [0.15, 0.2) is 0 Å². The third kappa shape index (κ3) is 9.96. The van der Waals surface area contributed by atoms with E-state index in [-0.39, 0.29) is 6.61 Å². The molecule has 2 N–H and O–H groups in total. The van der Waals surface area contributed by atoms with E-state index in [9.17, 15) is 0 Å². The normalized spacial score (nSPS) is 13.1. The Kier molecular flexibility index (Phi) is 10.9. The van der Waals surface area contributed by atoms with Crippen LogP contribution in [0.25, 0.3) is 0 Å². The van der Waals surface area contributed by atoms with Crippen LogP contribution in [0, 0.1) is 0 Å². The van der Waals surface area contributed by atoms with Gasteiger partial charge in [0.2, 0.25) is 0 Å². The number of aliphatic hydroxyl groups excluding tert-OH is 1. The highest BCUT2D eigenvalue weighted by Gasteiger charge is 1.99. The molecule has 0 aliphatic rings. The van der Waals surface area contributed by atoms with Crippen molar-refractivity contribution in [2.24, 2.45) is 0 Å². The molecule has 0 rings (SSSR count). The summed E-state index contributed by atoms with van der Waals surface area (Å²) in [5.41, 5.74) is 0. The smallest absolute Gasteiger partial charge is 0.0698 e.